The normalized spacial score (nSPS) is 49.0. The molecule has 0 aromatic carbocycles. The monoisotopic (exact) mass is 386 g/mol. The molecule has 0 bridgehead atoms. The maximum atomic E-state index is 4.37. The van der Waals surface area contributed by atoms with Crippen LogP contribution < -0.4 is 10.6 Å². The molecule has 0 amide bonds. The van der Waals surface area contributed by atoms with Crippen LogP contribution in [-0.2, 0) is 0 Å². The highest BCUT2D eigenvalue weighted by Crippen LogP contribution is 2.48. The molecule has 5 rings (SSSR count). The summed E-state index contributed by atoms with van der Waals surface area (Å²) < 4.78 is 0. The lowest BCUT2D eigenvalue weighted by Crippen LogP contribution is -2.66. The first kappa shape index (κ1) is 19.9. The van der Waals surface area contributed by atoms with Gasteiger partial charge in [-0.15, -0.1) is 0 Å². The summed E-state index contributed by atoms with van der Waals surface area (Å²) in [7, 11) is 0. The van der Waals surface area contributed by atoms with Gasteiger partial charge < -0.3 is 10.6 Å². The Bertz CT molecular complexity index is 503. The first-order valence-electron chi connectivity index (χ1n) is 13.4. The second-order valence-corrected chi connectivity index (χ2v) is 11.4. The molecule has 9 unspecified atom stereocenters. The molecule has 0 aromatic rings. The summed E-state index contributed by atoms with van der Waals surface area (Å²) >= 11 is 0. The minimum Gasteiger partial charge on any atom is -0.309 e. The van der Waals surface area contributed by atoms with Gasteiger partial charge in [0.1, 0.15) is 0 Å². The van der Waals surface area contributed by atoms with Crippen molar-refractivity contribution in [1.29, 1.82) is 0 Å². The van der Waals surface area contributed by atoms with Crippen molar-refractivity contribution in [2.45, 2.75) is 134 Å². The molecule has 28 heavy (non-hydrogen) atoms. The molecule has 2 heteroatoms. The van der Waals surface area contributed by atoms with E-state index in [1.807, 2.05) is 0 Å². The first-order chi connectivity index (χ1) is 13.8. The van der Waals surface area contributed by atoms with Gasteiger partial charge in [0.25, 0.3) is 0 Å². The van der Waals surface area contributed by atoms with Gasteiger partial charge in [-0.05, 0) is 87.4 Å². The Morgan fingerprint density at radius 2 is 1.29 bits per heavy atom. The van der Waals surface area contributed by atoms with Gasteiger partial charge in [-0.2, -0.15) is 0 Å². The molecule has 2 saturated heterocycles. The minimum absolute atomic E-state index is 0.780. The number of fused-ring (bicyclic) bond motifs is 4. The lowest BCUT2D eigenvalue weighted by Gasteiger charge is -2.54. The van der Waals surface area contributed by atoms with E-state index in [1.165, 1.54) is 83.5 Å². The Kier molecular flexibility index (Phi) is 6.36. The van der Waals surface area contributed by atoms with Crippen molar-refractivity contribution < 1.29 is 0 Å². The zero-order valence-corrected chi connectivity index (χ0v) is 18.5. The van der Waals surface area contributed by atoms with Gasteiger partial charge in [0.15, 0.2) is 0 Å². The van der Waals surface area contributed by atoms with Crippen molar-refractivity contribution >= 4 is 0 Å². The molecular weight excluding hydrogens is 340 g/mol. The van der Waals surface area contributed by atoms with E-state index in [0.29, 0.717) is 0 Å². The highest BCUT2D eigenvalue weighted by Gasteiger charge is 2.47. The van der Waals surface area contributed by atoms with E-state index >= 15 is 0 Å². The summed E-state index contributed by atoms with van der Waals surface area (Å²) in [6, 6.07) is 3.21. The molecule has 5 fully saturated rings. The number of nitrogens with one attached hydrogen (secondary N) is 2. The fourth-order valence-corrected chi connectivity index (χ4v) is 8.50. The second kappa shape index (κ2) is 8.96. The lowest BCUT2D eigenvalue weighted by molar-refractivity contribution is 0.0177. The van der Waals surface area contributed by atoms with Crippen LogP contribution in [0, 0.1) is 29.6 Å². The molecule has 2 nitrogen and oxygen atoms in total. The topological polar surface area (TPSA) is 24.1 Å². The van der Waals surface area contributed by atoms with Crippen molar-refractivity contribution in [3.8, 4) is 0 Å². The quantitative estimate of drug-likeness (QED) is 0.614. The lowest BCUT2D eigenvalue weighted by atomic mass is 9.60. The molecular formula is C26H46N2. The van der Waals surface area contributed by atoms with E-state index < -0.39 is 0 Å². The fourth-order valence-electron chi connectivity index (χ4n) is 8.50. The van der Waals surface area contributed by atoms with Crippen LogP contribution in [0.15, 0.2) is 0 Å². The zero-order chi connectivity index (χ0) is 18.9. The Morgan fingerprint density at radius 3 is 2.14 bits per heavy atom. The number of rotatable bonds is 4. The molecule has 0 spiro atoms. The SMILES string of the molecule is CCCCC1CCC2CCC3CCC(C4CCCC5CCCCC54)NC3C2N1. The highest BCUT2D eigenvalue weighted by molar-refractivity contribution is 5.05. The standard InChI is InChI=1S/C26H46N2/c1-2-3-9-21-16-14-19-12-13-20-15-17-24(28-26(20)25(19)27-21)23-11-6-8-18-7-4-5-10-22(18)23/h18-28H,2-17H2,1H3. The molecule has 0 aromatic heterocycles. The molecule has 9 atom stereocenters. The predicted molar refractivity (Wildman–Crippen MR) is 118 cm³/mol. The Hall–Kier alpha value is -0.0800. The van der Waals surface area contributed by atoms with E-state index in [2.05, 4.69) is 17.6 Å². The molecule has 0 radical (unpaired) electrons. The predicted octanol–water partition coefficient (Wildman–Crippen LogP) is 6.05. The maximum absolute atomic E-state index is 4.37. The van der Waals surface area contributed by atoms with Crippen LogP contribution in [0.1, 0.15) is 110 Å². The van der Waals surface area contributed by atoms with Crippen molar-refractivity contribution in [2.75, 3.05) is 0 Å². The van der Waals surface area contributed by atoms with Gasteiger partial charge in [-0.3, -0.25) is 0 Å². The third-order valence-corrected chi connectivity index (χ3v) is 9.93. The van der Waals surface area contributed by atoms with Gasteiger partial charge in [-0.1, -0.05) is 51.9 Å². The zero-order valence-electron chi connectivity index (χ0n) is 18.5. The van der Waals surface area contributed by atoms with Crippen LogP contribution in [-0.4, -0.2) is 24.2 Å². The smallest absolute Gasteiger partial charge is 0.0254 e. The summed E-state index contributed by atoms with van der Waals surface area (Å²) in [5.74, 6) is 5.06. The van der Waals surface area contributed by atoms with Gasteiger partial charge in [0.05, 0.1) is 0 Å². The molecule has 160 valence electrons. The number of piperidine rings is 2. The van der Waals surface area contributed by atoms with Crippen LogP contribution in [0.4, 0.5) is 0 Å². The maximum Gasteiger partial charge on any atom is 0.0254 e. The van der Waals surface area contributed by atoms with Gasteiger partial charge in [0.2, 0.25) is 0 Å². The Balaban J connectivity index is 1.27. The summed E-state index contributed by atoms with van der Waals surface area (Å²) in [4.78, 5) is 0. The highest BCUT2D eigenvalue weighted by atomic mass is 15.1. The van der Waals surface area contributed by atoms with Gasteiger partial charge in [0, 0.05) is 24.2 Å². The summed E-state index contributed by atoms with van der Waals surface area (Å²) in [5, 5.41) is 8.58. The van der Waals surface area contributed by atoms with Crippen LogP contribution in [0.5, 0.6) is 0 Å². The van der Waals surface area contributed by atoms with E-state index in [0.717, 1.165) is 53.8 Å². The van der Waals surface area contributed by atoms with Crippen LogP contribution >= 0.6 is 0 Å². The van der Waals surface area contributed by atoms with Crippen LogP contribution in [0.3, 0.4) is 0 Å². The van der Waals surface area contributed by atoms with E-state index in [-0.39, 0.29) is 0 Å². The molecule has 3 aliphatic carbocycles. The van der Waals surface area contributed by atoms with E-state index in [1.54, 1.807) is 19.3 Å². The third-order valence-electron chi connectivity index (χ3n) is 9.93. The molecule has 2 aliphatic heterocycles. The average molecular weight is 387 g/mol. The third kappa shape index (κ3) is 3.94. The van der Waals surface area contributed by atoms with Crippen LogP contribution in [0.25, 0.3) is 0 Å². The largest absolute Gasteiger partial charge is 0.309 e. The molecule has 2 heterocycles. The minimum atomic E-state index is 0.780. The van der Waals surface area contributed by atoms with Crippen molar-refractivity contribution in [3.05, 3.63) is 0 Å². The number of hydrogen-bond donors (Lipinski definition) is 2. The van der Waals surface area contributed by atoms with Crippen molar-refractivity contribution in [1.82, 2.24) is 10.6 Å². The summed E-state index contributed by atoms with van der Waals surface area (Å²) in [5.41, 5.74) is 0. The summed E-state index contributed by atoms with van der Waals surface area (Å²) in [6.45, 7) is 2.35. The van der Waals surface area contributed by atoms with Gasteiger partial charge >= 0.3 is 0 Å². The molecule has 2 N–H and O–H groups in total. The summed E-state index contributed by atoms with van der Waals surface area (Å²) in [6.07, 6.45) is 23.8. The number of hydrogen-bond acceptors (Lipinski definition) is 2. The van der Waals surface area contributed by atoms with Gasteiger partial charge in [-0.25, -0.2) is 0 Å². The van der Waals surface area contributed by atoms with Crippen molar-refractivity contribution in [3.63, 3.8) is 0 Å². The Morgan fingerprint density at radius 1 is 0.607 bits per heavy atom. The first-order valence-corrected chi connectivity index (χ1v) is 13.4. The fraction of sp³-hybridized carbons (Fsp3) is 1.00. The average Bonchev–Trinajstić information content (AvgIpc) is 2.76. The van der Waals surface area contributed by atoms with Crippen LogP contribution in [0.2, 0.25) is 0 Å². The van der Waals surface area contributed by atoms with E-state index in [9.17, 15) is 0 Å². The molecule has 5 aliphatic rings. The Labute approximate surface area is 174 Å². The second-order valence-electron chi connectivity index (χ2n) is 11.4. The molecule has 3 saturated carbocycles. The number of unbranched alkanes of at least 4 members (excludes halogenated alkanes) is 1. The van der Waals surface area contributed by atoms with E-state index in [4.69, 9.17) is 0 Å². The van der Waals surface area contributed by atoms with Crippen molar-refractivity contribution in [2.24, 2.45) is 29.6 Å².